The van der Waals surface area contributed by atoms with E-state index in [0.29, 0.717) is 12.8 Å². The van der Waals surface area contributed by atoms with Crippen LogP contribution in [-0.4, -0.2) is 36.5 Å². The summed E-state index contributed by atoms with van der Waals surface area (Å²) in [6.45, 7) is 1.42. The molecule has 0 amide bonds. The van der Waals surface area contributed by atoms with Crippen LogP contribution in [-0.2, 0) is 11.8 Å². The van der Waals surface area contributed by atoms with E-state index >= 15 is 0 Å². The van der Waals surface area contributed by atoms with E-state index in [9.17, 15) is 5.11 Å². The molecule has 2 heterocycles. The molecule has 2 aliphatic heterocycles. The standard InChI is InChI=1S/C18H21NO3/c1-19-7-4-11-8-14-17(22-10-21-14)16-15(11)13(19)9-18(16)5-2-12(20)3-6-18/h2,5,8,12-13,20H,3-4,6-7,9-10H2,1H3/t12-,13-,18+/m1/s1. The summed E-state index contributed by atoms with van der Waals surface area (Å²) in [4.78, 5) is 2.47. The van der Waals surface area contributed by atoms with Gasteiger partial charge in [0.15, 0.2) is 11.5 Å². The highest BCUT2D eigenvalue weighted by molar-refractivity contribution is 5.64. The lowest BCUT2D eigenvalue weighted by Crippen LogP contribution is -2.32. The van der Waals surface area contributed by atoms with Crippen LogP contribution >= 0.6 is 0 Å². The molecule has 1 aromatic rings. The number of rotatable bonds is 0. The van der Waals surface area contributed by atoms with Crippen LogP contribution in [0.2, 0.25) is 0 Å². The van der Waals surface area contributed by atoms with E-state index in [0.717, 1.165) is 43.7 Å². The lowest BCUT2D eigenvalue weighted by molar-refractivity contribution is 0.164. The molecule has 0 unspecified atom stereocenters. The van der Waals surface area contributed by atoms with E-state index in [1.165, 1.54) is 16.7 Å². The van der Waals surface area contributed by atoms with Crippen LogP contribution in [0.3, 0.4) is 0 Å². The molecular formula is C18H21NO3. The zero-order valence-electron chi connectivity index (χ0n) is 12.8. The average Bonchev–Trinajstić information content (AvgIpc) is 3.10. The van der Waals surface area contributed by atoms with Gasteiger partial charge in [0.1, 0.15) is 0 Å². The molecule has 1 aromatic carbocycles. The van der Waals surface area contributed by atoms with Crippen LogP contribution in [0.4, 0.5) is 0 Å². The molecule has 3 atom stereocenters. The van der Waals surface area contributed by atoms with Gasteiger partial charge in [0.25, 0.3) is 0 Å². The van der Waals surface area contributed by atoms with E-state index in [4.69, 9.17) is 9.47 Å². The van der Waals surface area contributed by atoms with Crippen molar-refractivity contribution in [2.24, 2.45) is 0 Å². The Morgan fingerprint density at radius 3 is 3.09 bits per heavy atom. The third kappa shape index (κ3) is 1.54. The zero-order chi connectivity index (χ0) is 14.9. The third-order valence-electron chi connectivity index (χ3n) is 5.97. The van der Waals surface area contributed by atoms with Gasteiger partial charge in [-0.2, -0.15) is 0 Å². The van der Waals surface area contributed by atoms with Gasteiger partial charge in [0.2, 0.25) is 6.79 Å². The number of likely N-dealkylation sites (N-methyl/N-ethyl adjacent to an activating group) is 1. The first-order chi connectivity index (χ1) is 10.7. The molecule has 0 fully saturated rings. The summed E-state index contributed by atoms with van der Waals surface area (Å²) >= 11 is 0. The maximum absolute atomic E-state index is 9.88. The van der Waals surface area contributed by atoms with Gasteiger partial charge in [0, 0.05) is 23.6 Å². The summed E-state index contributed by atoms with van der Waals surface area (Å²) in [6, 6.07) is 2.66. The number of hydrogen-bond donors (Lipinski definition) is 1. The number of fused-ring (bicyclic) bond motifs is 3. The van der Waals surface area contributed by atoms with Crippen LogP contribution in [0, 0.1) is 0 Å². The lowest BCUT2D eigenvalue weighted by atomic mass is 9.73. The summed E-state index contributed by atoms with van der Waals surface area (Å²) in [5.41, 5.74) is 4.25. The normalized spacial score (nSPS) is 35.2. The van der Waals surface area contributed by atoms with E-state index in [2.05, 4.69) is 24.1 Å². The van der Waals surface area contributed by atoms with Crippen molar-refractivity contribution in [3.05, 3.63) is 34.9 Å². The average molecular weight is 299 g/mol. The van der Waals surface area contributed by atoms with Gasteiger partial charge in [-0.15, -0.1) is 0 Å². The number of nitrogens with zero attached hydrogens (tertiary/aromatic N) is 1. The minimum atomic E-state index is -0.301. The Kier molecular flexibility index (Phi) is 2.52. The molecule has 5 rings (SSSR count). The fraction of sp³-hybridized carbons (Fsp3) is 0.556. The number of aliphatic hydroxyl groups is 1. The third-order valence-corrected chi connectivity index (χ3v) is 5.97. The van der Waals surface area contributed by atoms with Crippen LogP contribution in [0.5, 0.6) is 11.5 Å². The van der Waals surface area contributed by atoms with Crippen molar-refractivity contribution < 1.29 is 14.6 Å². The monoisotopic (exact) mass is 299 g/mol. The highest BCUT2D eigenvalue weighted by atomic mass is 16.7. The summed E-state index contributed by atoms with van der Waals surface area (Å²) in [5, 5.41) is 9.88. The van der Waals surface area contributed by atoms with E-state index < -0.39 is 0 Å². The second-order valence-electron chi connectivity index (χ2n) is 7.13. The SMILES string of the molecule is CN1CCc2cc3c(c4c2[C@H]1C[C@@]41C=C[C@@H](O)CC1)OCO3. The van der Waals surface area contributed by atoms with Gasteiger partial charge in [-0.1, -0.05) is 12.2 Å². The highest BCUT2D eigenvalue weighted by Gasteiger charge is 2.50. The second kappa shape index (κ2) is 4.27. The topological polar surface area (TPSA) is 41.9 Å². The van der Waals surface area contributed by atoms with E-state index in [-0.39, 0.29) is 11.5 Å². The molecular weight excluding hydrogens is 278 g/mol. The number of aliphatic hydroxyl groups excluding tert-OH is 1. The molecule has 2 aliphatic carbocycles. The predicted octanol–water partition coefficient (Wildman–Crippen LogP) is 2.30. The van der Waals surface area contributed by atoms with Gasteiger partial charge in [-0.05, 0) is 49.9 Å². The Morgan fingerprint density at radius 2 is 2.27 bits per heavy atom. The van der Waals surface area contributed by atoms with Crippen LogP contribution in [0.15, 0.2) is 18.2 Å². The minimum absolute atomic E-state index is 0.00558. The first kappa shape index (κ1) is 13.0. The molecule has 4 heteroatoms. The molecule has 0 saturated heterocycles. The molecule has 4 nitrogen and oxygen atoms in total. The second-order valence-corrected chi connectivity index (χ2v) is 7.13. The largest absolute Gasteiger partial charge is 0.454 e. The van der Waals surface area contributed by atoms with Crippen molar-refractivity contribution >= 4 is 0 Å². The molecule has 22 heavy (non-hydrogen) atoms. The van der Waals surface area contributed by atoms with E-state index in [1.54, 1.807) is 0 Å². The number of benzene rings is 1. The van der Waals surface area contributed by atoms with Crippen molar-refractivity contribution in [3.63, 3.8) is 0 Å². The van der Waals surface area contributed by atoms with Gasteiger partial charge >= 0.3 is 0 Å². The summed E-state index contributed by atoms with van der Waals surface area (Å²) < 4.78 is 11.6. The smallest absolute Gasteiger partial charge is 0.231 e. The van der Waals surface area contributed by atoms with Crippen molar-refractivity contribution in [3.8, 4) is 11.5 Å². The van der Waals surface area contributed by atoms with Crippen LogP contribution in [0.25, 0.3) is 0 Å². The molecule has 0 saturated carbocycles. The molecule has 0 bridgehead atoms. The highest BCUT2D eigenvalue weighted by Crippen LogP contribution is 2.60. The Bertz CT molecular complexity index is 683. The quantitative estimate of drug-likeness (QED) is 0.746. The number of hydrogen-bond acceptors (Lipinski definition) is 4. The Morgan fingerprint density at radius 1 is 1.36 bits per heavy atom. The molecule has 1 spiro atoms. The lowest BCUT2D eigenvalue weighted by Gasteiger charge is -2.33. The Hall–Kier alpha value is -1.52. The van der Waals surface area contributed by atoms with Gasteiger partial charge < -0.3 is 14.6 Å². The van der Waals surface area contributed by atoms with Crippen molar-refractivity contribution in [2.45, 2.75) is 43.2 Å². The van der Waals surface area contributed by atoms with Gasteiger partial charge in [-0.25, -0.2) is 0 Å². The van der Waals surface area contributed by atoms with Crippen LogP contribution < -0.4 is 9.47 Å². The fourth-order valence-corrected chi connectivity index (χ4v) is 4.83. The number of allylic oxidation sites excluding steroid dienone is 1. The van der Waals surface area contributed by atoms with Crippen molar-refractivity contribution in [2.75, 3.05) is 20.4 Å². The first-order valence-electron chi connectivity index (χ1n) is 8.21. The molecule has 0 radical (unpaired) electrons. The minimum Gasteiger partial charge on any atom is -0.454 e. The Balaban J connectivity index is 1.78. The van der Waals surface area contributed by atoms with Crippen molar-refractivity contribution in [1.82, 2.24) is 4.90 Å². The Labute approximate surface area is 130 Å². The zero-order valence-corrected chi connectivity index (χ0v) is 12.8. The summed E-state index contributed by atoms with van der Waals surface area (Å²) in [6.07, 6.45) is 7.90. The predicted molar refractivity (Wildman–Crippen MR) is 82.3 cm³/mol. The fourth-order valence-electron chi connectivity index (χ4n) is 4.83. The summed E-state index contributed by atoms with van der Waals surface area (Å²) in [7, 11) is 2.22. The molecule has 116 valence electrons. The maximum atomic E-state index is 9.88. The molecule has 0 aromatic heterocycles. The van der Waals surface area contributed by atoms with Gasteiger partial charge in [-0.3, -0.25) is 4.90 Å². The molecule has 1 N–H and O–H groups in total. The van der Waals surface area contributed by atoms with Crippen molar-refractivity contribution in [1.29, 1.82) is 0 Å². The van der Waals surface area contributed by atoms with E-state index in [1.807, 2.05) is 6.08 Å². The maximum Gasteiger partial charge on any atom is 0.231 e. The molecule has 4 aliphatic rings. The summed E-state index contributed by atoms with van der Waals surface area (Å²) in [5.74, 6) is 1.87. The van der Waals surface area contributed by atoms with Gasteiger partial charge in [0.05, 0.1) is 6.10 Å². The van der Waals surface area contributed by atoms with Crippen LogP contribution in [0.1, 0.15) is 42.0 Å². The first-order valence-corrected chi connectivity index (χ1v) is 8.21. The number of ether oxygens (including phenoxy) is 2.